The number of aromatic nitrogens is 1. The number of nitrogens with zero attached hydrogens (tertiary/aromatic N) is 1. The van der Waals surface area contributed by atoms with E-state index in [0.717, 1.165) is 22.6 Å². The van der Waals surface area contributed by atoms with E-state index in [0.29, 0.717) is 4.47 Å². The van der Waals surface area contributed by atoms with Gasteiger partial charge in [0.1, 0.15) is 5.75 Å². The maximum absolute atomic E-state index is 9.71. The summed E-state index contributed by atoms with van der Waals surface area (Å²) in [4.78, 5) is 5.34. The third-order valence-corrected chi connectivity index (χ3v) is 3.46. The van der Waals surface area contributed by atoms with Gasteiger partial charge >= 0.3 is 0 Å². The molecular formula is C11H10ClNOS. The summed E-state index contributed by atoms with van der Waals surface area (Å²) in [6.07, 6.45) is 0.869. The van der Waals surface area contributed by atoms with Gasteiger partial charge in [0.25, 0.3) is 0 Å². The number of para-hydroxylation sites is 1. The molecule has 78 valence electrons. The third kappa shape index (κ3) is 1.98. The Hall–Kier alpha value is -1.06. The summed E-state index contributed by atoms with van der Waals surface area (Å²) in [6.45, 7) is 2.05. The maximum atomic E-state index is 9.71. The molecule has 0 spiro atoms. The summed E-state index contributed by atoms with van der Waals surface area (Å²) in [5.41, 5.74) is 1.54. The molecule has 4 heteroatoms. The fourth-order valence-electron chi connectivity index (χ4n) is 1.45. The Bertz CT molecular complexity index is 481. The third-order valence-electron chi connectivity index (χ3n) is 2.15. The van der Waals surface area contributed by atoms with Gasteiger partial charge in [-0.05, 0) is 18.6 Å². The maximum Gasteiger partial charge on any atom is 0.184 e. The van der Waals surface area contributed by atoms with Gasteiger partial charge in [-0.3, -0.25) is 0 Å². The molecule has 1 aromatic heterocycles. The molecule has 0 unspecified atom stereocenters. The number of aryl methyl sites for hydroxylation is 1. The van der Waals surface area contributed by atoms with Crippen molar-refractivity contribution in [2.24, 2.45) is 0 Å². The molecule has 1 N–H and O–H groups in total. The van der Waals surface area contributed by atoms with Crippen LogP contribution in [0.5, 0.6) is 5.75 Å². The Balaban J connectivity index is 2.58. The van der Waals surface area contributed by atoms with E-state index in [4.69, 9.17) is 11.6 Å². The number of aromatic hydroxyl groups is 1. The van der Waals surface area contributed by atoms with Crippen LogP contribution in [0.25, 0.3) is 11.3 Å². The highest BCUT2D eigenvalue weighted by atomic mass is 35.5. The van der Waals surface area contributed by atoms with Crippen LogP contribution in [0.15, 0.2) is 24.3 Å². The number of benzene rings is 1. The molecule has 1 aromatic carbocycles. The van der Waals surface area contributed by atoms with Crippen molar-refractivity contribution in [2.45, 2.75) is 13.3 Å². The van der Waals surface area contributed by atoms with Crippen LogP contribution in [-0.2, 0) is 6.42 Å². The predicted molar refractivity (Wildman–Crippen MR) is 63.6 cm³/mol. The summed E-state index contributed by atoms with van der Waals surface area (Å²) in [5.74, 6) is 0.245. The van der Waals surface area contributed by atoms with Gasteiger partial charge in [-0.25, -0.2) is 4.98 Å². The zero-order chi connectivity index (χ0) is 10.8. The van der Waals surface area contributed by atoms with Crippen molar-refractivity contribution in [3.63, 3.8) is 0 Å². The lowest BCUT2D eigenvalue weighted by atomic mass is 10.1. The fourth-order valence-corrected chi connectivity index (χ4v) is 2.55. The van der Waals surface area contributed by atoms with Crippen molar-refractivity contribution in [3.8, 4) is 17.0 Å². The summed E-state index contributed by atoms with van der Waals surface area (Å²) in [5, 5.41) is 9.71. The average Bonchev–Trinajstić information content (AvgIpc) is 2.60. The van der Waals surface area contributed by atoms with E-state index in [9.17, 15) is 5.11 Å². The molecule has 2 nitrogen and oxygen atoms in total. The van der Waals surface area contributed by atoms with E-state index < -0.39 is 0 Å². The Kier molecular flexibility index (Phi) is 2.93. The van der Waals surface area contributed by atoms with Gasteiger partial charge in [0.05, 0.1) is 5.69 Å². The van der Waals surface area contributed by atoms with Gasteiger partial charge in [-0.15, -0.1) is 11.3 Å². The second kappa shape index (κ2) is 4.21. The topological polar surface area (TPSA) is 33.1 Å². The van der Waals surface area contributed by atoms with E-state index in [-0.39, 0.29) is 5.75 Å². The number of halogens is 1. The molecule has 0 saturated carbocycles. The van der Waals surface area contributed by atoms with Gasteiger partial charge in [0, 0.05) is 10.4 Å². The summed E-state index contributed by atoms with van der Waals surface area (Å²) < 4.78 is 0.519. The molecular weight excluding hydrogens is 230 g/mol. The van der Waals surface area contributed by atoms with E-state index in [1.807, 2.05) is 19.1 Å². The van der Waals surface area contributed by atoms with Gasteiger partial charge in [0.15, 0.2) is 4.47 Å². The second-order valence-corrected chi connectivity index (χ2v) is 4.78. The highest BCUT2D eigenvalue weighted by Crippen LogP contribution is 2.35. The lowest BCUT2D eigenvalue weighted by Crippen LogP contribution is -1.83. The molecule has 0 bridgehead atoms. The van der Waals surface area contributed by atoms with Crippen molar-refractivity contribution in [1.29, 1.82) is 0 Å². The lowest BCUT2D eigenvalue weighted by molar-refractivity contribution is 0.477. The molecule has 0 atom stereocenters. The minimum Gasteiger partial charge on any atom is -0.507 e. The molecule has 2 aromatic rings. The van der Waals surface area contributed by atoms with Crippen molar-refractivity contribution >= 4 is 22.9 Å². The Morgan fingerprint density at radius 2 is 2.13 bits per heavy atom. The van der Waals surface area contributed by atoms with E-state index in [1.165, 1.54) is 11.3 Å². The Morgan fingerprint density at radius 1 is 1.40 bits per heavy atom. The van der Waals surface area contributed by atoms with Crippen LogP contribution in [0.2, 0.25) is 4.47 Å². The average molecular weight is 240 g/mol. The minimum absolute atomic E-state index is 0.245. The smallest absolute Gasteiger partial charge is 0.184 e. The SMILES string of the molecule is CCc1sc(Cl)nc1-c1ccccc1O. The molecule has 0 aliphatic rings. The van der Waals surface area contributed by atoms with Crippen molar-refractivity contribution < 1.29 is 5.11 Å². The highest BCUT2D eigenvalue weighted by Gasteiger charge is 2.13. The van der Waals surface area contributed by atoms with Crippen LogP contribution in [0.4, 0.5) is 0 Å². The van der Waals surface area contributed by atoms with Crippen molar-refractivity contribution in [2.75, 3.05) is 0 Å². The number of rotatable bonds is 2. The van der Waals surface area contributed by atoms with Crippen LogP contribution in [-0.4, -0.2) is 10.1 Å². The zero-order valence-electron chi connectivity index (χ0n) is 8.20. The number of phenols is 1. The van der Waals surface area contributed by atoms with Crippen LogP contribution < -0.4 is 0 Å². The number of hydrogen-bond acceptors (Lipinski definition) is 3. The normalized spacial score (nSPS) is 10.5. The summed E-state index contributed by atoms with van der Waals surface area (Å²) in [6, 6.07) is 7.17. The molecule has 0 amide bonds. The van der Waals surface area contributed by atoms with E-state index >= 15 is 0 Å². The van der Waals surface area contributed by atoms with Gasteiger partial charge in [-0.2, -0.15) is 0 Å². The van der Waals surface area contributed by atoms with Gasteiger partial charge < -0.3 is 5.11 Å². The van der Waals surface area contributed by atoms with Crippen LogP contribution in [0.3, 0.4) is 0 Å². The van der Waals surface area contributed by atoms with E-state index in [2.05, 4.69) is 4.98 Å². The lowest BCUT2D eigenvalue weighted by Gasteiger charge is -2.02. The molecule has 2 rings (SSSR count). The van der Waals surface area contributed by atoms with Gasteiger partial charge in [-0.1, -0.05) is 30.7 Å². The van der Waals surface area contributed by atoms with Crippen molar-refractivity contribution in [1.82, 2.24) is 4.98 Å². The zero-order valence-corrected chi connectivity index (χ0v) is 9.77. The molecule has 0 aliphatic heterocycles. The standard InChI is InChI=1S/C11H10ClNOS/c1-2-9-10(13-11(12)15-9)7-5-3-4-6-8(7)14/h3-6,14H,2H2,1H3. The highest BCUT2D eigenvalue weighted by molar-refractivity contribution is 7.16. The number of phenolic OH excluding ortho intramolecular Hbond substituents is 1. The van der Waals surface area contributed by atoms with Crippen LogP contribution >= 0.6 is 22.9 Å². The molecule has 1 heterocycles. The molecule has 0 saturated heterocycles. The first-order valence-electron chi connectivity index (χ1n) is 4.66. The number of thiazole rings is 1. The fraction of sp³-hybridized carbons (Fsp3) is 0.182. The largest absolute Gasteiger partial charge is 0.507 e. The molecule has 0 radical (unpaired) electrons. The monoisotopic (exact) mass is 239 g/mol. The van der Waals surface area contributed by atoms with Crippen molar-refractivity contribution in [3.05, 3.63) is 33.6 Å². The van der Waals surface area contributed by atoms with Gasteiger partial charge in [0.2, 0.25) is 0 Å². The predicted octanol–water partition coefficient (Wildman–Crippen LogP) is 3.73. The first-order chi connectivity index (χ1) is 7.22. The number of hydrogen-bond donors (Lipinski definition) is 1. The second-order valence-electron chi connectivity index (χ2n) is 3.11. The Labute approximate surface area is 97.2 Å². The Morgan fingerprint density at radius 3 is 2.80 bits per heavy atom. The molecule has 0 fully saturated rings. The summed E-state index contributed by atoms with van der Waals surface area (Å²) in [7, 11) is 0. The summed E-state index contributed by atoms with van der Waals surface area (Å²) >= 11 is 7.33. The molecule has 0 aliphatic carbocycles. The quantitative estimate of drug-likeness (QED) is 0.866. The van der Waals surface area contributed by atoms with Crippen LogP contribution in [0.1, 0.15) is 11.8 Å². The molecule has 15 heavy (non-hydrogen) atoms. The van der Waals surface area contributed by atoms with Crippen LogP contribution in [0, 0.1) is 0 Å². The first-order valence-corrected chi connectivity index (χ1v) is 5.85. The minimum atomic E-state index is 0.245. The van der Waals surface area contributed by atoms with E-state index in [1.54, 1.807) is 12.1 Å². The first kappa shape index (κ1) is 10.5.